The summed E-state index contributed by atoms with van der Waals surface area (Å²) in [6, 6.07) is 36.8. The van der Waals surface area contributed by atoms with Gasteiger partial charge >= 0.3 is 6.18 Å². The zero-order valence-corrected chi connectivity index (χ0v) is 22.1. The van der Waals surface area contributed by atoms with Gasteiger partial charge in [-0.3, -0.25) is 4.98 Å². The summed E-state index contributed by atoms with van der Waals surface area (Å²) >= 11 is 0. The van der Waals surface area contributed by atoms with E-state index in [0.717, 1.165) is 43.9 Å². The molecule has 196 valence electrons. The van der Waals surface area contributed by atoms with Crippen LogP contribution in [0.5, 0.6) is 0 Å². The van der Waals surface area contributed by atoms with Gasteiger partial charge in [0.2, 0.25) is 0 Å². The van der Waals surface area contributed by atoms with Crippen LogP contribution in [0.25, 0.3) is 76.1 Å². The van der Waals surface area contributed by atoms with E-state index in [1.807, 2.05) is 6.07 Å². The van der Waals surface area contributed by atoms with Gasteiger partial charge in [0.25, 0.3) is 0 Å². The van der Waals surface area contributed by atoms with Crippen molar-refractivity contribution in [1.29, 1.82) is 0 Å². The Kier molecular flexibility index (Phi) is 4.96. The summed E-state index contributed by atoms with van der Waals surface area (Å²) in [5, 5.41) is 11.6. The Hall–Kier alpha value is -4.96. The average molecular weight is 538 g/mol. The maximum absolute atomic E-state index is 13.2. The Labute approximate surface area is 233 Å². The quantitative estimate of drug-likeness (QED) is 0.158. The van der Waals surface area contributed by atoms with Crippen LogP contribution in [0.2, 0.25) is 0 Å². The summed E-state index contributed by atoms with van der Waals surface area (Å²) in [6.07, 6.45) is -3.15. The molecule has 0 bridgehead atoms. The number of nitrogens with zero attached hydrogens (tertiary/aromatic N) is 1. The van der Waals surface area contributed by atoms with Crippen molar-refractivity contribution in [2.24, 2.45) is 0 Å². The minimum atomic E-state index is -4.47. The van der Waals surface area contributed by atoms with Gasteiger partial charge < -0.3 is 0 Å². The molecule has 8 aromatic rings. The third kappa shape index (κ3) is 3.47. The molecule has 0 aliphatic rings. The summed E-state index contributed by atoms with van der Waals surface area (Å²) in [4.78, 5) is 3.73. The normalized spacial score (nSPS) is 12.4. The number of hydrogen-bond donors (Lipinski definition) is 0. The molecule has 1 heterocycles. The van der Waals surface area contributed by atoms with Gasteiger partial charge in [-0.15, -0.1) is 0 Å². The highest BCUT2D eigenvalue weighted by Gasteiger charge is 2.32. The minimum absolute atomic E-state index is 0.659. The van der Waals surface area contributed by atoms with E-state index >= 15 is 0 Å². The Bertz CT molecular complexity index is 2240. The molecule has 0 aliphatic carbocycles. The van der Waals surface area contributed by atoms with Crippen molar-refractivity contribution in [3.05, 3.63) is 127 Å². The highest BCUT2D eigenvalue weighted by molar-refractivity contribution is 6.29. The molecule has 0 N–H and O–H groups in total. The zero-order chi connectivity index (χ0) is 27.9. The molecule has 0 atom stereocenters. The molecule has 0 amide bonds. The number of hydrogen-bond acceptors (Lipinski definition) is 1. The molecule has 41 heavy (non-hydrogen) atoms. The third-order valence-electron chi connectivity index (χ3n) is 8.50. The molecule has 0 radical (unpaired) electrons. The van der Waals surface area contributed by atoms with Crippen LogP contribution in [0.15, 0.2) is 115 Å². The number of halogens is 3. The molecule has 0 spiro atoms. The van der Waals surface area contributed by atoms with E-state index in [1.54, 1.807) is 0 Å². The van der Waals surface area contributed by atoms with Crippen molar-refractivity contribution < 1.29 is 13.2 Å². The van der Waals surface area contributed by atoms with Crippen LogP contribution in [0.4, 0.5) is 13.2 Å². The van der Waals surface area contributed by atoms with Gasteiger partial charge in [-0.1, -0.05) is 103 Å². The lowest BCUT2D eigenvalue weighted by Crippen LogP contribution is -2.07. The minimum Gasteiger partial charge on any atom is -0.251 e. The van der Waals surface area contributed by atoms with Crippen LogP contribution in [0.1, 0.15) is 11.3 Å². The smallest absolute Gasteiger partial charge is 0.251 e. The van der Waals surface area contributed by atoms with Crippen LogP contribution < -0.4 is 0 Å². The molecule has 0 saturated carbocycles. The van der Waals surface area contributed by atoms with Gasteiger partial charge in [-0.2, -0.15) is 13.2 Å². The molecule has 7 aromatic carbocycles. The monoisotopic (exact) mass is 537 g/mol. The maximum atomic E-state index is 13.2. The standard InChI is InChI=1S/C37H22F3N/c1-21-25-6-2-4-8-28(25)36(29-9-5-3-7-26(21)29)32-18-13-23-11-16-30-27(24-14-19-33(41-20-24)37(38,39)40)15-10-22-12-17-31(32)35(23)34(22)30/h2-20H,1H3. The molecule has 0 fully saturated rings. The summed E-state index contributed by atoms with van der Waals surface area (Å²) in [5.41, 5.74) is 4.29. The molecule has 0 aliphatic heterocycles. The molecule has 0 saturated heterocycles. The number of rotatable bonds is 2. The number of aryl methyl sites for hydroxylation is 1. The topological polar surface area (TPSA) is 12.9 Å². The molecule has 0 unspecified atom stereocenters. The number of aromatic nitrogens is 1. The lowest BCUT2D eigenvalue weighted by molar-refractivity contribution is -0.141. The predicted octanol–water partition coefficient (Wildman–Crippen LogP) is 10.9. The predicted molar refractivity (Wildman–Crippen MR) is 164 cm³/mol. The van der Waals surface area contributed by atoms with Crippen molar-refractivity contribution >= 4 is 53.9 Å². The second kappa shape index (κ2) is 8.52. The Morgan fingerprint density at radius 1 is 0.512 bits per heavy atom. The molecule has 1 nitrogen and oxygen atoms in total. The molecule has 4 heteroatoms. The summed E-state index contributed by atoms with van der Waals surface area (Å²) < 4.78 is 39.5. The van der Waals surface area contributed by atoms with Gasteiger partial charge in [0.15, 0.2) is 0 Å². The molecule has 1 aromatic heterocycles. The SMILES string of the molecule is Cc1c2ccccc2c(-c2ccc3ccc4c(-c5ccc(C(F)(F)F)nc5)ccc5ccc2c3c54)c2ccccc12. The number of pyridine rings is 1. The van der Waals surface area contributed by atoms with Crippen LogP contribution in [-0.2, 0) is 6.18 Å². The maximum Gasteiger partial charge on any atom is 0.433 e. The first kappa shape index (κ1) is 23.9. The van der Waals surface area contributed by atoms with Crippen molar-refractivity contribution in [1.82, 2.24) is 4.98 Å². The Morgan fingerprint density at radius 3 is 1.56 bits per heavy atom. The largest absolute Gasteiger partial charge is 0.433 e. The van der Waals surface area contributed by atoms with E-state index in [4.69, 9.17) is 0 Å². The van der Waals surface area contributed by atoms with E-state index in [9.17, 15) is 13.2 Å². The van der Waals surface area contributed by atoms with E-state index in [0.29, 0.717) is 5.56 Å². The second-order valence-electron chi connectivity index (χ2n) is 10.7. The van der Waals surface area contributed by atoms with E-state index < -0.39 is 11.9 Å². The van der Waals surface area contributed by atoms with Crippen molar-refractivity contribution in [3.8, 4) is 22.3 Å². The number of fused-ring (bicyclic) bond motifs is 2. The molecule has 8 rings (SSSR count). The van der Waals surface area contributed by atoms with Crippen LogP contribution in [0.3, 0.4) is 0 Å². The summed E-state index contributed by atoms with van der Waals surface area (Å²) in [5.74, 6) is 0. The van der Waals surface area contributed by atoms with Gasteiger partial charge in [-0.05, 0) is 89.1 Å². The van der Waals surface area contributed by atoms with Gasteiger partial charge in [0.1, 0.15) is 5.69 Å². The summed E-state index contributed by atoms with van der Waals surface area (Å²) in [7, 11) is 0. The Morgan fingerprint density at radius 2 is 1.02 bits per heavy atom. The highest BCUT2D eigenvalue weighted by Crippen LogP contribution is 2.46. The first-order valence-corrected chi connectivity index (χ1v) is 13.5. The van der Waals surface area contributed by atoms with Crippen molar-refractivity contribution in [2.75, 3.05) is 0 Å². The van der Waals surface area contributed by atoms with Crippen molar-refractivity contribution in [2.45, 2.75) is 13.1 Å². The fourth-order valence-corrected chi connectivity index (χ4v) is 6.63. The fraction of sp³-hybridized carbons (Fsp3) is 0.0541. The van der Waals surface area contributed by atoms with Crippen molar-refractivity contribution in [3.63, 3.8) is 0 Å². The molecular weight excluding hydrogens is 515 g/mol. The average Bonchev–Trinajstić information content (AvgIpc) is 3.00. The van der Waals surface area contributed by atoms with Crippen LogP contribution in [0, 0.1) is 6.92 Å². The first-order valence-electron chi connectivity index (χ1n) is 13.5. The Balaban J connectivity index is 1.46. The second-order valence-corrected chi connectivity index (χ2v) is 10.7. The van der Waals surface area contributed by atoms with Gasteiger partial charge in [-0.25, -0.2) is 0 Å². The zero-order valence-electron chi connectivity index (χ0n) is 22.1. The van der Waals surface area contributed by atoms with E-state index in [2.05, 4.69) is 103 Å². The van der Waals surface area contributed by atoms with Gasteiger partial charge in [0, 0.05) is 11.8 Å². The highest BCUT2D eigenvalue weighted by atomic mass is 19.4. The van der Waals surface area contributed by atoms with E-state index in [1.165, 1.54) is 50.5 Å². The number of alkyl halides is 3. The first-order chi connectivity index (χ1) is 19.9. The van der Waals surface area contributed by atoms with Gasteiger partial charge in [0.05, 0.1) is 0 Å². The van der Waals surface area contributed by atoms with Crippen LogP contribution >= 0.6 is 0 Å². The fourth-order valence-electron chi connectivity index (χ4n) is 6.63. The lowest BCUT2D eigenvalue weighted by Gasteiger charge is -2.19. The lowest BCUT2D eigenvalue weighted by atomic mass is 9.84. The third-order valence-corrected chi connectivity index (χ3v) is 8.50. The number of benzene rings is 7. The van der Waals surface area contributed by atoms with E-state index in [-0.39, 0.29) is 0 Å². The van der Waals surface area contributed by atoms with Crippen LogP contribution in [-0.4, -0.2) is 4.98 Å². The summed E-state index contributed by atoms with van der Waals surface area (Å²) in [6.45, 7) is 2.19. The molecular formula is C37H22F3N.